The molecule has 5 heteroatoms. The maximum Gasteiger partial charge on any atom is 0.172 e. The standard InChI is InChI=1S/C13H9Cl3OS/c1-2-10(17)11-3-4-12(18-11)13-8(15)5-7(14)6-9(13)16/h3-6H,2H2,1H3. The van der Waals surface area contributed by atoms with Crippen LogP contribution < -0.4 is 0 Å². The Bertz CT molecular complexity index is 581. The molecule has 94 valence electrons. The number of rotatable bonds is 3. The first-order valence-corrected chi connectivity index (χ1v) is 7.26. The van der Waals surface area contributed by atoms with E-state index < -0.39 is 0 Å². The second-order valence-corrected chi connectivity index (χ2v) is 6.02. The lowest BCUT2D eigenvalue weighted by atomic mass is 10.2. The predicted molar refractivity (Wildman–Crippen MR) is 79.4 cm³/mol. The van der Waals surface area contributed by atoms with Gasteiger partial charge in [-0.2, -0.15) is 0 Å². The molecule has 0 atom stereocenters. The third-order valence-corrected chi connectivity index (χ3v) is 4.41. The molecule has 1 aromatic heterocycles. The van der Waals surface area contributed by atoms with Crippen LogP contribution in [0.25, 0.3) is 10.4 Å². The van der Waals surface area contributed by atoms with E-state index >= 15 is 0 Å². The highest BCUT2D eigenvalue weighted by atomic mass is 35.5. The highest BCUT2D eigenvalue weighted by molar-refractivity contribution is 7.17. The number of ketones is 1. The minimum Gasteiger partial charge on any atom is -0.293 e. The Kier molecular flexibility index (Phi) is 4.33. The van der Waals surface area contributed by atoms with Gasteiger partial charge < -0.3 is 0 Å². The van der Waals surface area contributed by atoms with Gasteiger partial charge in [-0.15, -0.1) is 11.3 Å². The maximum absolute atomic E-state index is 11.6. The van der Waals surface area contributed by atoms with Gasteiger partial charge in [0.25, 0.3) is 0 Å². The van der Waals surface area contributed by atoms with Crippen molar-refractivity contribution in [1.82, 2.24) is 0 Å². The Morgan fingerprint density at radius 1 is 1.17 bits per heavy atom. The molecule has 0 aliphatic heterocycles. The van der Waals surface area contributed by atoms with Crippen molar-refractivity contribution in [2.45, 2.75) is 13.3 Å². The monoisotopic (exact) mass is 318 g/mol. The van der Waals surface area contributed by atoms with Crippen molar-refractivity contribution in [3.8, 4) is 10.4 Å². The van der Waals surface area contributed by atoms with Crippen molar-refractivity contribution in [2.75, 3.05) is 0 Å². The molecule has 0 aliphatic rings. The van der Waals surface area contributed by atoms with Gasteiger partial charge in [0.15, 0.2) is 5.78 Å². The van der Waals surface area contributed by atoms with Gasteiger partial charge in [-0.1, -0.05) is 41.7 Å². The summed E-state index contributed by atoms with van der Waals surface area (Å²) in [6, 6.07) is 6.94. The first kappa shape index (κ1) is 13.9. The predicted octanol–water partition coefficient (Wildman–Crippen LogP) is 5.97. The summed E-state index contributed by atoms with van der Waals surface area (Å²) in [5.41, 5.74) is 0.725. The van der Waals surface area contributed by atoms with Crippen molar-refractivity contribution < 1.29 is 4.79 Å². The average molecular weight is 320 g/mol. The SMILES string of the molecule is CCC(=O)c1ccc(-c2c(Cl)cc(Cl)cc2Cl)s1. The van der Waals surface area contributed by atoms with Gasteiger partial charge in [-0.05, 0) is 24.3 Å². The molecule has 0 bridgehead atoms. The van der Waals surface area contributed by atoms with E-state index in [9.17, 15) is 4.79 Å². The molecule has 0 saturated heterocycles. The van der Waals surface area contributed by atoms with Crippen LogP contribution in [0.2, 0.25) is 15.1 Å². The maximum atomic E-state index is 11.6. The average Bonchev–Trinajstić information content (AvgIpc) is 2.76. The molecule has 2 rings (SSSR count). The van der Waals surface area contributed by atoms with Gasteiger partial charge in [0.2, 0.25) is 0 Å². The summed E-state index contributed by atoms with van der Waals surface area (Å²) in [5, 5.41) is 1.48. The van der Waals surface area contributed by atoms with Crippen molar-refractivity contribution in [1.29, 1.82) is 0 Å². The molecule has 0 N–H and O–H groups in total. The van der Waals surface area contributed by atoms with E-state index in [-0.39, 0.29) is 5.78 Å². The third kappa shape index (κ3) is 2.72. The van der Waals surface area contributed by atoms with Gasteiger partial charge in [0, 0.05) is 21.9 Å². The molecule has 0 unspecified atom stereocenters. The lowest BCUT2D eigenvalue weighted by molar-refractivity contribution is 0.0992. The molecule has 0 fully saturated rings. The smallest absolute Gasteiger partial charge is 0.172 e. The molecule has 2 aromatic rings. The minimum absolute atomic E-state index is 0.118. The first-order chi connectivity index (χ1) is 8.52. The number of carbonyl (C=O) groups is 1. The molecule has 18 heavy (non-hydrogen) atoms. The van der Waals surface area contributed by atoms with Gasteiger partial charge >= 0.3 is 0 Å². The number of carbonyl (C=O) groups excluding carboxylic acids is 1. The largest absolute Gasteiger partial charge is 0.293 e. The zero-order valence-electron chi connectivity index (χ0n) is 9.47. The Morgan fingerprint density at radius 2 is 1.78 bits per heavy atom. The van der Waals surface area contributed by atoms with Crippen LogP contribution in [-0.2, 0) is 0 Å². The van der Waals surface area contributed by atoms with E-state index in [0.29, 0.717) is 21.5 Å². The molecule has 1 nitrogen and oxygen atoms in total. The number of thiophene rings is 1. The zero-order valence-corrected chi connectivity index (χ0v) is 12.6. The fourth-order valence-corrected chi connectivity index (χ4v) is 3.80. The minimum atomic E-state index is 0.118. The Hall–Kier alpha value is -0.540. The number of hydrogen-bond donors (Lipinski definition) is 0. The topological polar surface area (TPSA) is 17.1 Å². The summed E-state index contributed by atoms with van der Waals surface area (Å²) >= 11 is 19.5. The van der Waals surface area contributed by atoms with Crippen molar-refractivity contribution in [2.24, 2.45) is 0 Å². The summed E-state index contributed by atoms with van der Waals surface area (Å²) in [4.78, 5) is 13.2. The van der Waals surface area contributed by atoms with Gasteiger partial charge in [-0.3, -0.25) is 4.79 Å². The van der Waals surface area contributed by atoms with Gasteiger partial charge in [0.1, 0.15) is 0 Å². The summed E-state index contributed by atoms with van der Waals surface area (Å²) in [5.74, 6) is 0.118. The molecule has 0 spiro atoms. The zero-order chi connectivity index (χ0) is 13.3. The highest BCUT2D eigenvalue weighted by Gasteiger charge is 2.14. The fourth-order valence-electron chi connectivity index (χ4n) is 1.57. The molecular weight excluding hydrogens is 311 g/mol. The Labute approximate surface area is 124 Å². The van der Waals surface area contributed by atoms with Crippen molar-refractivity contribution in [3.63, 3.8) is 0 Å². The first-order valence-electron chi connectivity index (χ1n) is 5.31. The number of halogens is 3. The van der Waals surface area contributed by atoms with E-state index in [1.54, 1.807) is 18.2 Å². The lowest BCUT2D eigenvalue weighted by Crippen LogP contribution is -1.90. The van der Waals surface area contributed by atoms with E-state index in [2.05, 4.69) is 0 Å². The van der Waals surface area contributed by atoms with Crippen LogP contribution in [-0.4, -0.2) is 5.78 Å². The molecular formula is C13H9Cl3OS. The van der Waals surface area contributed by atoms with Crippen LogP contribution >= 0.6 is 46.1 Å². The second-order valence-electron chi connectivity index (χ2n) is 3.69. The third-order valence-electron chi connectivity index (χ3n) is 2.46. The van der Waals surface area contributed by atoms with Crippen LogP contribution in [0.5, 0.6) is 0 Å². The van der Waals surface area contributed by atoms with Crippen molar-refractivity contribution >= 4 is 51.9 Å². The summed E-state index contributed by atoms with van der Waals surface area (Å²) in [6.07, 6.45) is 0.488. The number of hydrogen-bond acceptors (Lipinski definition) is 2. The Morgan fingerprint density at radius 3 is 2.33 bits per heavy atom. The van der Waals surface area contributed by atoms with Crippen LogP contribution in [0.3, 0.4) is 0 Å². The molecule has 0 saturated carbocycles. The second kappa shape index (κ2) is 5.62. The molecule has 0 radical (unpaired) electrons. The van der Waals surface area contributed by atoms with Crippen LogP contribution in [0.15, 0.2) is 24.3 Å². The fraction of sp³-hybridized carbons (Fsp3) is 0.154. The van der Waals surface area contributed by atoms with E-state index in [0.717, 1.165) is 15.3 Å². The van der Waals surface area contributed by atoms with Gasteiger partial charge in [-0.25, -0.2) is 0 Å². The molecule has 1 aromatic carbocycles. The summed E-state index contributed by atoms with van der Waals surface area (Å²) in [7, 11) is 0. The highest BCUT2D eigenvalue weighted by Crippen LogP contribution is 2.40. The van der Waals surface area contributed by atoms with Crippen LogP contribution in [0.1, 0.15) is 23.0 Å². The Balaban J connectivity index is 2.49. The molecule has 1 heterocycles. The molecule has 0 amide bonds. The quantitative estimate of drug-likeness (QED) is 0.637. The number of benzene rings is 1. The van der Waals surface area contributed by atoms with E-state index in [4.69, 9.17) is 34.8 Å². The summed E-state index contributed by atoms with van der Waals surface area (Å²) < 4.78 is 0. The summed E-state index contributed by atoms with van der Waals surface area (Å²) in [6.45, 7) is 1.84. The molecule has 0 aliphatic carbocycles. The lowest BCUT2D eigenvalue weighted by Gasteiger charge is -2.05. The van der Waals surface area contributed by atoms with E-state index in [1.807, 2.05) is 13.0 Å². The van der Waals surface area contributed by atoms with Crippen molar-refractivity contribution in [3.05, 3.63) is 44.2 Å². The normalized spacial score (nSPS) is 10.7. The van der Waals surface area contributed by atoms with Gasteiger partial charge in [0.05, 0.1) is 14.9 Å². The van der Waals surface area contributed by atoms with Crippen LogP contribution in [0.4, 0.5) is 0 Å². The van der Waals surface area contributed by atoms with E-state index in [1.165, 1.54) is 11.3 Å². The number of Topliss-reactive ketones (excluding diaryl/α,β-unsaturated/α-hetero) is 1. The van der Waals surface area contributed by atoms with Crippen LogP contribution in [0, 0.1) is 0 Å².